The van der Waals surface area contributed by atoms with Crippen LogP contribution in [0.5, 0.6) is 0 Å². The zero-order valence-electron chi connectivity index (χ0n) is 12.4. The monoisotopic (exact) mass is 331 g/mol. The molecule has 1 aromatic carbocycles. The Morgan fingerprint density at radius 2 is 2.00 bits per heavy atom. The van der Waals surface area contributed by atoms with E-state index in [9.17, 15) is 8.42 Å². The molecular weight excluding hydrogens is 310 g/mol. The average molecular weight is 332 g/mol. The van der Waals surface area contributed by atoms with E-state index in [-0.39, 0.29) is 17.5 Å². The zero-order chi connectivity index (χ0) is 15.6. The lowest BCUT2D eigenvalue weighted by Crippen LogP contribution is -2.44. The Morgan fingerprint density at radius 1 is 1.38 bits per heavy atom. The Labute approximate surface area is 131 Å². The molecule has 0 aliphatic carbocycles. The van der Waals surface area contributed by atoms with E-state index in [4.69, 9.17) is 17.3 Å². The van der Waals surface area contributed by atoms with Gasteiger partial charge in [0.25, 0.3) is 0 Å². The van der Waals surface area contributed by atoms with E-state index in [1.165, 1.54) is 4.31 Å². The molecule has 0 spiro atoms. The Morgan fingerprint density at radius 3 is 2.57 bits per heavy atom. The number of benzene rings is 1. The molecule has 1 fully saturated rings. The second kappa shape index (κ2) is 6.62. The van der Waals surface area contributed by atoms with Crippen molar-refractivity contribution in [3.8, 4) is 0 Å². The second-order valence-corrected chi connectivity index (χ2v) is 7.92. The van der Waals surface area contributed by atoms with Gasteiger partial charge in [0.05, 0.1) is 4.90 Å². The number of piperidine rings is 1. The SMILES string of the molecule is CN1CCC(N(C)S(=O)(=O)c2ccc(Cl)c(CN)c2)CC1. The molecule has 118 valence electrons. The fourth-order valence-corrected chi connectivity index (χ4v) is 4.25. The fraction of sp³-hybridized carbons (Fsp3) is 0.571. The molecule has 0 radical (unpaired) electrons. The van der Waals surface area contributed by atoms with Gasteiger partial charge in [-0.1, -0.05) is 11.6 Å². The molecule has 7 heteroatoms. The van der Waals surface area contributed by atoms with Crippen LogP contribution in [0.15, 0.2) is 23.1 Å². The van der Waals surface area contributed by atoms with Crippen molar-refractivity contribution in [1.82, 2.24) is 9.21 Å². The zero-order valence-corrected chi connectivity index (χ0v) is 14.0. The third-order valence-corrected chi connectivity index (χ3v) is 6.39. The number of nitrogens with two attached hydrogens (primary N) is 1. The van der Waals surface area contributed by atoms with Crippen LogP contribution in [0.1, 0.15) is 18.4 Å². The van der Waals surface area contributed by atoms with Crippen molar-refractivity contribution in [2.75, 3.05) is 27.2 Å². The Hall–Kier alpha value is -0.660. The van der Waals surface area contributed by atoms with Crippen molar-refractivity contribution in [3.63, 3.8) is 0 Å². The summed E-state index contributed by atoms with van der Waals surface area (Å²) in [5.41, 5.74) is 6.25. The molecule has 0 unspecified atom stereocenters. The number of rotatable bonds is 4. The first-order valence-electron chi connectivity index (χ1n) is 7.01. The van der Waals surface area contributed by atoms with Gasteiger partial charge < -0.3 is 10.6 Å². The quantitative estimate of drug-likeness (QED) is 0.908. The largest absolute Gasteiger partial charge is 0.326 e. The maximum Gasteiger partial charge on any atom is 0.243 e. The van der Waals surface area contributed by atoms with E-state index in [2.05, 4.69) is 11.9 Å². The summed E-state index contributed by atoms with van der Waals surface area (Å²) in [6.45, 7) is 2.05. The van der Waals surface area contributed by atoms with Crippen LogP contribution in [0.2, 0.25) is 5.02 Å². The van der Waals surface area contributed by atoms with E-state index in [0.29, 0.717) is 10.6 Å². The summed E-state index contributed by atoms with van der Waals surface area (Å²) >= 11 is 6.00. The first kappa shape index (κ1) is 16.7. The van der Waals surface area contributed by atoms with Gasteiger partial charge >= 0.3 is 0 Å². The summed E-state index contributed by atoms with van der Waals surface area (Å²) in [7, 11) is 0.203. The average Bonchev–Trinajstić information content (AvgIpc) is 2.47. The van der Waals surface area contributed by atoms with Gasteiger partial charge in [-0.3, -0.25) is 0 Å². The van der Waals surface area contributed by atoms with Crippen LogP contribution in [-0.4, -0.2) is 50.8 Å². The van der Waals surface area contributed by atoms with Crippen LogP contribution < -0.4 is 5.73 Å². The van der Waals surface area contributed by atoms with Crippen molar-refractivity contribution in [1.29, 1.82) is 0 Å². The molecule has 0 saturated carbocycles. The molecule has 1 aliphatic rings. The standard InChI is InChI=1S/C14H22ClN3O2S/c1-17-7-5-12(6-8-17)18(2)21(19,20)13-3-4-14(15)11(9-13)10-16/h3-4,9,12H,5-8,10,16H2,1-2H3. The van der Waals surface area contributed by atoms with Gasteiger partial charge in [0.15, 0.2) is 0 Å². The summed E-state index contributed by atoms with van der Waals surface area (Å²) < 4.78 is 26.9. The number of likely N-dealkylation sites (tertiary alicyclic amines) is 1. The fourth-order valence-electron chi connectivity index (χ4n) is 2.59. The minimum Gasteiger partial charge on any atom is -0.326 e. The van der Waals surface area contributed by atoms with Gasteiger partial charge in [0, 0.05) is 24.7 Å². The lowest BCUT2D eigenvalue weighted by molar-refractivity contribution is 0.197. The van der Waals surface area contributed by atoms with Gasteiger partial charge in [-0.15, -0.1) is 0 Å². The number of halogens is 1. The van der Waals surface area contributed by atoms with Gasteiger partial charge in [-0.05, 0) is 56.7 Å². The normalized spacial score (nSPS) is 18.3. The summed E-state index contributed by atoms with van der Waals surface area (Å²) in [6.07, 6.45) is 1.70. The minimum atomic E-state index is -3.50. The van der Waals surface area contributed by atoms with E-state index in [1.54, 1.807) is 25.2 Å². The van der Waals surface area contributed by atoms with E-state index >= 15 is 0 Å². The van der Waals surface area contributed by atoms with Crippen molar-refractivity contribution in [3.05, 3.63) is 28.8 Å². The third kappa shape index (κ3) is 3.57. The summed E-state index contributed by atoms with van der Waals surface area (Å²) in [4.78, 5) is 2.47. The number of sulfonamides is 1. The molecule has 1 heterocycles. The van der Waals surface area contributed by atoms with Crippen molar-refractivity contribution >= 4 is 21.6 Å². The smallest absolute Gasteiger partial charge is 0.243 e. The lowest BCUT2D eigenvalue weighted by atomic mass is 10.1. The van der Waals surface area contributed by atoms with Crippen LogP contribution in [0, 0.1) is 0 Å². The highest BCUT2D eigenvalue weighted by Crippen LogP contribution is 2.25. The van der Waals surface area contributed by atoms with Gasteiger partial charge in [0.1, 0.15) is 0 Å². The van der Waals surface area contributed by atoms with Gasteiger partial charge in [0.2, 0.25) is 10.0 Å². The van der Waals surface area contributed by atoms with Crippen LogP contribution in [0.3, 0.4) is 0 Å². The topological polar surface area (TPSA) is 66.6 Å². The Balaban J connectivity index is 2.24. The molecule has 0 atom stereocenters. The minimum absolute atomic E-state index is 0.0446. The van der Waals surface area contributed by atoms with Gasteiger partial charge in [-0.2, -0.15) is 4.31 Å². The van der Waals surface area contributed by atoms with Crippen LogP contribution in [0.4, 0.5) is 0 Å². The molecule has 0 aromatic heterocycles. The third-order valence-electron chi connectivity index (χ3n) is 4.12. The number of hydrogen-bond acceptors (Lipinski definition) is 4. The summed E-state index contributed by atoms with van der Waals surface area (Å²) in [5, 5.41) is 0.499. The summed E-state index contributed by atoms with van der Waals surface area (Å²) in [5.74, 6) is 0. The molecule has 2 rings (SSSR count). The highest BCUT2D eigenvalue weighted by Gasteiger charge is 2.30. The first-order chi connectivity index (χ1) is 9.86. The Bertz CT molecular complexity index is 598. The molecule has 0 amide bonds. The maximum atomic E-state index is 12.7. The molecule has 1 aromatic rings. The molecule has 1 aliphatic heterocycles. The lowest BCUT2D eigenvalue weighted by Gasteiger charge is -2.34. The predicted molar refractivity (Wildman–Crippen MR) is 84.8 cm³/mol. The predicted octanol–water partition coefficient (Wildman–Crippen LogP) is 1.51. The maximum absolute atomic E-state index is 12.7. The molecular formula is C14H22ClN3O2S. The van der Waals surface area contributed by atoms with Crippen LogP contribution in [0.25, 0.3) is 0 Å². The van der Waals surface area contributed by atoms with Crippen molar-refractivity contribution in [2.45, 2.75) is 30.3 Å². The van der Waals surface area contributed by atoms with Crippen LogP contribution >= 0.6 is 11.6 Å². The molecule has 1 saturated heterocycles. The molecule has 21 heavy (non-hydrogen) atoms. The molecule has 2 N–H and O–H groups in total. The number of nitrogens with zero attached hydrogens (tertiary/aromatic N) is 2. The van der Waals surface area contributed by atoms with Crippen molar-refractivity contribution < 1.29 is 8.42 Å². The first-order valence-corrected chi connectivity index (χ1v) is 8.83. The highest BCUT2D eigenvalue weighted by atomic mass is 35.5. The summed E-state index contributed by atoms with van der Waals surface area (Å²) in [6, 6.07) is 4.76. The van der Waals surface area contributed by atoms with E-state index in [0.717, 1.165) is 25.9 Å². The van der Waals surface area contributed by atoms with Crippen LogP contribution in [-0.2, 0) is 16.6 Å². The number of hydrogen-bond donors (Lipinski definition) is 1. The molecule has 5 nitrogen and oxygen atoms in total. The van der Waals surface area contributed by atoms with Gasteiger partial charge in [-0.25, -0.2) is 8.42 Å². The van der Waals surface area contributed by atoms with Crippen molar-refractivity contribution in [2.24, 2.45) is 5.73 Å². The van der Waals surface area contributed by atoms with E-state index in [1.807, 2.05) is 0 Å². The molecule has 0 bridgehead atoms. The Kier molecular flexibility index (Phi) is 5.27. The van der Waals surface area contributed by atoms with E-state index < -0.39 is 10.0 Å². The second-order valence-electron chi connectivity index (χ2n) is 5.51. The highest BCUT2D eigenvalue weighted by molar-refractivity contribution is 7.89.